The molecule has 3 atom stereocenters. The van der Waals surface area contributed by atoms with Crippen molar-refractivity contribution < 1.29 is 14.3 Å². The molecule has 3 heteroatoms. The molecule has 0 radical (unpaired) electrons. The van der Waals surface area contributed by atoms with E-state index < -0.39 is 0 Å². The van der Waals surface area contributed by atoms with Crippen molar-refractivity contribution in [3.8, 4) is 0 Å². The molecule has 0 aromatic heterocycles. The zero-order chi connectivity index (χ0) is 12.7. The number of fused-ring (bicyclic) bond motifs is 1. The summed E-state index contributed by atoms with van der Waals surface area (Å²) in [7, 11) is 0. The van der Waals surface area contributed by atoms with Gasteiger partial charge in [-0.25, -0.2) is 0 Å². The first-order valence-electron chi connectivity index (χ1n) is 6.02. The number of cyclic esters (lactones) is 2. The number of ether oxygens (including phenoxy) is 1. The maximum absolute atomic E-state index is 11.6. The van der Waals surface area contributed by atoms with Gasteiger partial charge in [-0.1, -0.05) is 24.1 Å². The molecule has 0 amide bonds. The number of hydrogen-bond acceptors (Lipinski definition) is 3. The fourth-order valence-electron chi connectivity index (χ4n) is 2.80. The van der Waals surface area contributed by atoms with E-state index in [0.717, 1.165) is 0 Å². The maximum atomic E-state index is 11.6. The fraction of sp³-hybridized carbons (Fsp3) is 0.571. The minimum atomic E-state index is -0.348. The van der Waals surface area contributed by atoms with Gasteiger partial charge in [-0.05, 0) is 38.7 Å². The monoisotopic (exact) mass is 234 g/mol. The van der Waals surface area contributed by atoms with Gasteiger partial charge in [-0.15, -0.1) is 0 Å². The maximum Gasteiger partial charge on any atom is 0.318 e. The minimum absolute atomic E-state index is 0.0956. The summed E-state index contributed by atoms with van der Waals surface area (Å²) in [4.78, 5) is 23.2. The standard InChI is InChI=1S/C14H18O3/c1-7(2)5-10-6-11-12(9(4)8(10)3)14(16)17-13(11)15/h5,9,11-12H,6H2,1-4H3/t9-,11-,12-/m0/s1. The van der Waals surface area contributed by atoms with Crippen LogP contribution in [0.25, 0.3) is 0 Å². The number of carbonyl (C=O) groups is 2. The van der Waals surface area contributed by atoms with Crippen molar-refractivity contribution in [1.82, 2.24) is 0 Å². The van der Waals surface area contributed by atoms with Crippen LogP contribution in [-0.2, 0) is 14.3 Å². The van der Waals surface area contributed by atoms with Gasteiger partial charge >= 0.3 is 11.9 Å². The Balaban J connectivity index is 2.40. The summed E-state index contributed by atoms with van der Waals surface area (Å²) in [5.41, 5.74) is 3.60. The van der Waals surface area contributed by atoms with Crippen LogP contribution in [0, 0.1) is 17.8 Å². The van der Waals surface area contributed by atoms with Gasteiger partial charge in [-0.2, -0.15) is 0 Å². The quantitative estimate of drug-likeness (QED) is 0.517. The van der Waals surface area contributed by atoms with Crippen molar-refractivity contribution in [2.75, 3.05) is 0 Å². The molecule has 0 bridgehead atoms. The predicted molar refractivity (Wildman–Crippen MR) is 64.0 cm³/mol. The van der Waals surface area contributed by atoms with Gasteiger partial charge in [0.15, 0.2) is 0 Å². The molecule has 2 rings (SSSR count). The molecular formula is C14H18O3. The molecule has 1 aliphatic heterocycles. The zero-order valence-corrected chi connectivity index (χ0v) is 10.7. The summed E-state index contributed by atoms with van der Waals surface area (Å²) in [6.45, 7) is 8.13. The van der Waals surface area contributed by atoms with E-state index in [4.69, 9.17) is 4.74 Å². The lowest BCUT2D eigenvalue weighted by Crippen LogP contribution is -2.30. The number of esters is 2. The predicted octanol–water partition coefficient (Wildman–Crippen LogP) is 2.62. The van der Waals surface area contributed by atoms with Gasteiger partial charge in [0.1, 0.15) is 0 Å². The zero-order valence-electron chi connectivity index (χ0n) is 10.7. The molecule has 17 heavy (non-hydrogen) atoms. The second kappa shape index (κ2) is 4.13. The number of rotatable bonds is 1. The third-order valence-electron chi connectivity index (χ3n) is 3.84. The van der Waals surface area contributed by atoms with Crippen molar-refractivity contribution in [3.63, 3.8) is 0 Å². The second-order valence-electron chi connectivity index (χ2n) is 5.30. The first-order chi connectivity index (χ1) is 7.91. The minimum Gasteiger partial charge on any atom is -0.393 e. The first-order valence-corrected chi connectivity index (χ1v) is 6.02. The lowest BCUT2D eigenvalue weighted by Gasteiger charge is -2.29. The summed E-state index contributed by atoms with van der Waals surface area (Å²) >= 11 is 0. The van der Waals surface area contributed by atoms with E-state index in [-0.39, 0.29) is 29.7 Å². The van der Waals surface area contributed by atoms with Gasteiger partial charge in [-0.3, -0.25) is 9.59 Å². The molecule has 0 unspecified atom stereocenters. The molecular weight excluding hydrogens is 216 g/mol. The molecule has 92 valence electrons. The summed E-state index contributed by atoms with van der Waals surface area (Å²) in [5, 5.41) is 0. The van der Waals surface area contributed by atoms with Crippen molar-refractivity contribution in [3.05, 3.63) is 22.8 Å². The summed E-state index contributed by atoms with van der Waals surface area (Å²) in [5.74, 6) is -1.14. The topological polar surface area (TPSA) is 43.4 Å². The van der Waals surface area contributed by atoms with E-state index >= 15 is 0 Å². The van der Waals surface area contributed by atoms with Crippen LogP contribution in [0.2, 0.25) is 0 Å². The van der Waals surface area contributed by atoms with Crippen molar-refractivity contribution >= 4 is 11.9 Å². The average Bonchev–Trinajstić information content (AvgIpc) is 2.49. The fourth-order valence-corrected chi connectivity index (χ4v) is 2.80. The van der Waals surface area contributed by atoms with Crippen molar-refractivity contribution in [2.45, 2.75) is 34.1 Å². The summed E-state index contributed by atoms with van der Waals surface area (Å²) < 4.78 is 4.76. The SMILES string of the molecule is CC(C)=CC1=C(C)[C@H](C)[C@@H]2C(=O)OC(=O)[C@H]2C1. The van der Waals surface area contributed by atoms with Crippen molar-refractivity contribution in [2.24, 2.45) is 17.8 Å². The normalized spacial score (nSPS) is 32.4. The highest BCUT2D eigenvalue weighted by atomic mass is 16.6. The molecule has 1 heterocycles. The highest BCUT2D eigenvalue weighted by Crippen LogP contribution is 2.43. The van der Waals surface area contributed by atoms with E-state index in [2.05, 4.69) is 6.08 Å². The van der Waals surface area contributed by atoms with Crippen LogP contribution in [0.15, 0.2) is 22.8 Å². The van der Waals surface area contributed by atoms with E-state index in [9.17, 15) is 9.59 Å². The Morgan fingerprint density at radius 2 is 1.94 bits per heavy atom. The molecule has 1 saturated heterocycles. The summed E-state index contributed by atoms with van der Waals surface area (Å²) in [6.07, 6.45) is 2.74. The van der Waals surface area contributed by atoms with Crippen LogP contribution in [0.1, 0.15) is 34.1 Å². The van der Waals surface area contributed by atoms with Crippen LogP contribution >= 0.6 is 0 Å². The molecule has 1 fully saturated rings. The largest absolute Gasteiger partial charge is 0.393 e. The molecule has 0 spiro atoms. The number of carbonyl (C=O) groups excluding carboxylic acids is 2. The molecule has 0 N–H and O–H groups in total. The van der Waals surface area contributed by atoms with E-state index in [1.54, 1.807) is 0 Å². The Morgan fingerprint density at radius 1 is 1.29 bits per heavy atom. The molecule has 0 aromatic rings. The highest BCUT2D eigenvalue weighted by Gasteiger charge is 2.49. The van der Waals surface area contributed by atoms with Gasteiger partial charge < -0.3 is 4.74 Å². The second-order valence-corrected chi connectivity index (χ2v) is 5.30. The van der Waals surface area contributed by atoms with E-state index in [0.29, 0.717) is 6.42 Å². The Morgan fingerprint density at radius 3 is 2.53 bits per heavy atom. The van der Waals surface area contributed by atoms with Crippen LogP contribution in [0.4, 0.5) is 0 Å². The van der Waals surface area contributed by atoms with E-state index in [1.807, 2.05) is 27.7 Å². The van der Waals surface area contributed by atoms with Crippen LogP contribution in [0.3, 0.4) is 0 Å². The lowest BCUT2D eigenvalue weighted by molar-refractivity contribution is -0.154. The smallest absolute Gasteiger partial charge is 0.318 e. The third-order valence-corrected chi connectivity index (χ3v) is 3.84. The summed E-state index contributed by atoms with van der Waals surface area (Å²) in [6, 6.07) is 0. The van der Waals surface area contributed by atoms with Gasteiger partial charge in [0, 0.05) is 0 Å². The molecule has 0 aromatic carbocycles. The number of allylic oxidation sites excluding steroid dienone is 4. The molecule has 1 aliphatic carbocycles. The van der Waals surface area contributed by atoms with Crippen LogP contribution in [0.5, 0.6) is 0 Å². The average molecular weight is 234 g/mol. The van der Waals surface area contributed by atoms with Crippen LogP contribution in [-0.4, -0.2) is 11.9 Å². The Hall–Kier alpha value is -1.38. The number of hydrogen-bond donors (Lipinski definition) is 0. The molecule has 0 saturated carbocycles. The Kier molecular flexibility index (Phi) is 2.94. The molecule has 2 aliphatic rings. The molecule has 3 nitrogen and oxygen atoms in total. The highest BCUT2D eigenvalue weighted by molar-refractivity contribution is 5.97. The first kappa shape index (κ1) is 12.1. The van der Waals surface area contributed by atoms with Gasteiger partial charge in [0.25, 0.3) is 0 Å². The van der Waals surface area contributed by atoms with Crippen molar-refractivity contribution in [1.29, 1.82) is 0 Å². The van der Waals surface area contributed by atoms with E-state index in [1.165, 1.54) is 16.7 Å². The Bertz CT molecular complexity index is 438. The Labute approximate surface area is 102 Å². The van der Waals surface area contributed by atoms with Crippen LogP contribution < -0.4 is 0 Å². The lowest BCUT2D eigenvalue weighted by atomic mass is 9.71. The van der Waals surface area contributed by atoms with Gasteiger partial charge in [0.05, 0.1) is 11.8 Å². The third kappa shape index (κ3) is 1.94. The van der Waals surface area contributed by atoms with Gasteiger partial charge in [0.2, 0.25) is 0 Å².